The molecule has 1 N–H and O–H groups in total. The maximum absolute atomic E-state index is 10.3. The van der Waals surface area contributed by atoms with Gasteiger partial charge in [0.15, 0.2) is 0 Å². The summed E-state index contributed by atoms with van der Waals surface area (Å²) in [6.45, 7) is 15.8. The van der Waals surface area contributed by atoms with Gasteiger partial charge in [-0.25, -0.2) is 0 Å². The van der Waals surface area contributed by atoms with E-state index in [0.29, 0.717) is 12.3 Å². The van der Waals surface area contributed by atoms with Crippen LogP contribution in [-0.2, 0) is 47.9 Å². The molecule has 0 bridgehead atoms. The van der Waals surface area contributed by atoms with Crippen molar-refractivity contribution in [2.45, 2.75) is 13.1 Å². The number of rotatable bonds is 8. The number of phenols is 1. The number of pyridine rings is 1. The van der Waals surface area contributed by atoms with Gasteiger partial charge in [0.2, 0.25) is 0 Å². The maximum atomic E-state index is 10.3. The third-order valence-corrected chi connectivity index (χ3v) is 5.70. The quantitative estimate of drug-likeness (QED) is 0.282. The zero-order chi connectivity index (χ0) is 27.5. The molecule has 0 unspecified atom stereocenters. The Morgan fingerprint density at radius 1 is 0.842 bits per heavy atom. The zero-order valence-corrected chi connectivity index (χ0v) is 24.1. The Labute approximate surface area is 238 Å². The van der Waals surface area contributed by atoms with E-state index in [1.54, 1.807) is 13.2 Å². The minimum atomic E-state index is 0. The van der Waals surface area contributed by atoms with Crippen LogP contribution >= 0.6 is 0 Å². The van der Waals surface area contributed by atoms with Crippen LogP contribution in [0.4, 0.5) is 5.69 Å². The van der Waals surface area contributed by atoms with Crippen molar-refractivity contribution in [1.82, 2.24) is 14.8 Å². The van der Waals surface area contributed by atoms with Crippen LogP contribution in [-0.4, -0.2) is 80.2 Å². The Morgan fingerprint density at radius 2 is 1.45 bits per heavy atom. The van der Waals surface area contributed by atoms with E-state index in [1.807, 2.05) is 48.7 Å². The topological polar surface area (TPSA) is 103 Å². The molecule has 3 aromatic rings. The number of benzene rings is 2. The van der Waals surface area contributed by atoms with Gasteiger partial charge >= 0.3 is 0 Å². The molecule has 1 aliphatic rings. The van der Waals surface area contributed by atoms with Gasteiger partial charge in [-0.05, 0) is 30.3 Å². The van der Waals surface area contributed by atoms with E-state index >= 15 is 0 Å². The molecule has 0 atom stereocenters. The van der Waals surface area contributed by atoms with Crippen LogP contribution in [0, 0.1) is 0 Å². The molecular weight excluding hydrogens is 659 g/mol. The molecule has 4 rings (SSSR count). The number of hydrogen-bond acceptors (Lipinski definition) is 9. The molecule has 10 heteroatoms. The predicted molar refractivity (Wildman–Crippen MR) is 143 cm³/mol. The number of para-hydroxylation sites is 3. The maximum Gasteiger partial charge on any atom is 0.142 e. The number of hydrogen-bond donors (Lipinski definition) is 1. The van der Waals surface area contributed by atoms with Gasteiger partial charge in [0.25, 0.3) is 0 Å². The largest absolute Gasteiger partial charge is 0.545 e. The summed E-state index contributed by atoms with van der Waals surface area (Å²) in [7, 11) is 1.73. The summed E-state index contributed by atoms with van der Waals surface area (Å²) < 4.78 is 5.54. The third kappa shape index (κ3) is 10.9. The van der Waals surface area contributed by atoms with Crippen LogP contribution in [0.2, 0.25) is 0 Å². The Kier molecular flexibility index (Phi) is 18.8. The number of piperazine rings is 1. The standard InChI is InChI=1S/C25H30N4O2.3CHO.Re/c1-31-25-12-5-3-10-23(25)29-16-14-27(15-17-29)20-28(19-22-9-6-7-13-26-22)18-21-8-2-4-11-24(21)30;3*1-2;/h2-13,30H,14-20H2,1H3;3*1H;/q;3*-1;. The molecular formula is C28H33N4O5Re-3. The van der Waals surface area contributed by atoms with Gasteiger partial charge in [-0.15, -0.1) is 0 Å². The minimum absolute atomic E-state index is 0. The summed E-state index contributed by atoms with van der Waals surface area (Å²) in [6.07, 6.45) is 1.83. The summed E-state index contributed by atoms with van der Waals surface area (Å²) in [5, 5.41) is 10.3. The molecule has 0 amide bonds. The molecule has 2 heterocycles. The van der Waals surface area contributed by atoms with Crippen molar-refractivity contribution in [3.05, 3.63) is 84.2 Å². The van der Waals surface area contributed by atoms with Crippen molar-refractivity contribution in [3.63, 3.8) is 0 Å². The second-order valence-corrected chi connectivity index (χ2v) is 7.86. The van der Waals surface area contributed by atoms with Crippen molar-refractivity contribution in [3.8, 4) is 11.5 Å². The number of nitrogens with zero attached hydrogens (tertiary/aromatic N) is 4. The first kappa shape index (κ1) is 34.6. The second kappa shape index (κ2) is 20.6. The van der Waals surface area contributed by atoms with Gasteiger partial charge in [0.05, 0.1) is 25.2 Å². The minimum Gasteiger partial charge on any atom is -0.545 e. The van der Waals surface area contributed by atoms with E-state index in [0.717, 1.165) is 62.1 Å². The van der Waals surface area contributed by atoms with Crippen LogP contribution in [0.3, 0.4) is 0 Å². The predicted octanol–water partition coefficient (Wildman–Crippen LogP) is 2.75. The average Bonchev–Trinajstić information content (AvgIpc) is 2.98. The summed E-state index contributed by atoms with van der Waals surface area (Å²) in [5.41, 5.74) is 3.13. The molecule has 9 nitrogen and oxygen atoms in total. The first-order valence-electron chi connectivity index (χ1n) is 11.4. The fourth-order valence-corrected chi connectivity index (χ4v) is 4.07. The SMILES string of the molecule is COc1ccccc1N1CCN(CN(Cc2ccccn2)Cc2ccccc2O)CC1.[CH-]=O.[CH-]=O.[CH-]=O.[Re]. The molecule has 2 aromatic carbocycles. The number of anilines is 1. The molecule has 1 aromatic heterocycles. The van der Waals surface area contributed by atoms with Crippen molar-refractivity contribution in [1.29, 1.82) is 0 Å². The molecule has 38 heavy (non-hydrogen) atoms. The second-order valence-electron chi connectivity index (χ2n) is 7.86. The Morgan fingerprint density at radius 3 is 2.05 bits per heavy atom. The normalized spacial score (nSPS) is 12.3. The van der Waals surface area contributed by atoms with E-state index in [-0.39, 0.29) is 20.4 Å². The molecule has 1 aliphatic heterocycles. The fourth-order valence-electron chi connectivity index (χ4n) is 4.07. The van der Waals surface area contributed by atoms with Crippen molar-refractivity contribution in [2.24, 2.45) is 0 Å². The summed E-state index contributed by atoms with van der Waals surface area (Å²) in [5.74, 6) is 1.27. The Hall–Kier alpha value is -3.42. The Balaban J connectivity index is 0.00000183. The Bertz CT molecular complexity index is 1020. The van der Waals surface area contributed by atoms with Crippen molar-refractivity contribution >= 4 is 26.1 Å². The van der Waals surface area contributed by atoms with Crippen molar-refractivity contribution < 1.29 is 44.6 Å². The van der Waals surface area contributed by atoms with E-state index in [4.69, 9.17) is 19.1 Å². The van der Waals surface area contributed by atoms with E-state index in [9.17, 15) is 5.11 Å². The van der Waals surface area contributed by atoms with Crippen LogP contribution < -0.4 is 9.64 Å². The van der Waals surface area contributed by atoms with Crippen LogP contribution in [0.5, 0.6) is 11.5 Å². The number of phenolic OH excluding ortho intramolecular Hbond substituents is 1. The van der Waals surface area contributed by atoms with Gasteiger partial charge in [-0.1, -0.05) is 36.4 Å². The van der Waals surface area contributed by atoms with E-state index < -0.39 is 0 Å². The molecule has 0 saturated carbocycles. The third-order valence-electron chi connectivity index (χ3n) is 5.70. The molecule has 1 radical (unpaired) electrons. The number of methoxy groups -OCH3 is 1. The fraction of sp³-hybridized carbons (Fsp3) is 0.286. The van der Waals surface area contributed by atoms with Crippen molar-refractivity contribution in [2.75, 3.05) is 44.9 Å². The van der Waals surface area contributed by atoms with E-state index in [1.165, 1.54) is 0 Å². The average molecular weight is 692 g/mol. The smallest absolute Gasteiger partial charge is 0.142 e. The van der Waals surface area contributed by atoms with Crippen LogP contribution in [0.1, 0.15) is 11.3 Å². The zero-order valence-electron chi connectivity index (χ0n) is 21.4. The number of carbonyl (C=O) groups excluding carboxylic acids is 3. The summed E-state index contributed by atoms with van der Waals surface area (Å²) in [6, 6.07) is 21.8. The summed E-state index contributed by atoms with van der Waals surface area (Å²) >= 11 is 0. The van der Waals surface area contributed by atoms with Gasteiger partial charge in [0, 0.05) is 71.5 Å². The molecule has 1 saturated heterocycles. The summed E-state index contributed by atoms with van der Waals surface area (Å²) in [4.78, 5) is 35.0. The van der Waals surface area contributed by atoms with Gasteiger partial charge < -0.3 is 29.1 Å². The van der Waals surface area contributed by atoms with E-state index in [2.05, 4.69) is 58.3 Å². The van der Waals surface area contributed by atoms with Crippen LogP contribution in [0.25, 0.3) is 0 Å². The van der Waals surface area contributed by atoms with Gasteiger partial charge in [-0.3, -0.25) is 35.2 Å². The number of ether oxygens (including phenoxy) is 1. The number of aromatic nitrogens is 1. The monoisotopic (exact) mass is 692 g/mol. The van der Waals surface area contributed by atoms with Crippen LogP contribution in [0.15, 0.2) is 72.9 Å². The first-order valence-corrected chi connectivity index (χ1v) is 11.4. The van der Waals surface area contributed by atoms with Gasteiger partial charge in [0.1, 0.15) is 11.5 Å². The molecule has 0 aliphatic carbocycles. The molecule has 0 spiro atoms. The molecule has 205 valence electrons. The number of aromatic hydroxyl groups is 1. The van der Waals surface area contributed by atoms with Gasteiger partial charge in [-0.2, -0.15) is 0 Å². The first-order chi connectivity index (χ1) is 18.2. The molecule has 1 fully saturated rings.